The summed E-state index contributed by atoms with van der Waals surface area (Å²) in [5.74, 6) is 0.194. The van der Waals surface area contributed by atoms with E-state index >= 15 is 0 Å². The van der Waals surface area contributed by atoms with Crippen LogP contribution in [0.5, 0.6) is 0 Å². The molecule has 2 N–H and O–H groups in total. The van der Waals surface area contributed by atoms with E-state index in [4.69, 9.17) is 0 Å². The molecule has 0 radical (unpaired) electrons. The van der Waals surface area contributed by atoms with Crippen LogP contribution in [0.25, 0.3) is 10.9 Å². The molecule has 1 aliphatic carbocycles. The van der Waals surface area contributed by atoms with Crippen LogP contribution < -0.4 is 5.32 Å². The van der Waals surface area contributed by atoms with Gasteiger partial charge in [0.2, 0.25) is 5.91 Å². The number of aryl methyl sites for hydroxylation is 1. The van der Waals surface area contributed by atoms with Crippen LogP contribution in [0.1, 0.15) is 38.2 Å². The Morgan fingerprint density at radius 1 is 1.37 bits per heavy atom. The summed E-state index contributed by atoms with van der Waals surface area (Å²) in [6.07, 6.45) is 6.79. The average Bonchev–Trinajstić information content (AvgIpc) is 2.97. The maximum absolute atomic E-state index is 11.8. The first-order valence-corrected chi connectivity index (χ1v) is 7.02. The zero-order valence-electron chi connectivity index (χ0n) is 11.3. The molecular formula is C16H20N2O. The van der Waals surface area contributed by atoms with Gasteiger partial charge in [-0.1, -0.05) is 18.2 Å². The second-order valence-corrected chi connectivity index (χ2v) is 5.82. The van der Waals surface area contributed by atoms with E-state index in [2.05, 4.69) is 41.6 Å². The SMILES string of the molecule is CC1(NC(=O)CCCc2c[nH]c3ccccc23)CC1. The van der Waals surface area contributed by atoms with Gasteiger partial charge < -0.3 is 10.3 Å². The van der Waals surface area contributed by atoms with Crippen LogP contribution in [0.15, 0.2) is 30.5 Å². The van der Waals surface area contributed by atoms with E-state index in [0.29, 0.717) is 6.42 Å². The summed E-state index contributed by atoms with van der Waals surface area (Å²) in [5.41, 5.74) is 2.59. The van der Waals surface area contributed by atoms with Crippen molar-refractivity contribution in [2.24, 2.45) is 0 Å². The average molecular weight is 256 g/mol. The van der Waals surface area contributed by atoms with E-state index in [1.165, 1.54) is 16.5 Å². The van der Waals surface area contributed by atoms with Crippen LogP contribution in [0, 0.1) is 0 Å². The highest BCUT2D eigenvalue weighted by Gasteiger charge is 2.38. The van der Waals surface area contributed by atoms with Crippen LogP contribution in [-0.2, 0) is 11.2 Å². The minimum Gasteiger partial charge on any atom is -0.361 e. The molecule has 1 aromatic heterocycles. The second-order valence-electron chi connectivity index (χ2n) is 5.82. The van der Waals surface area contributed by atoms with E-state index in [1.54, 1.807) is 0 Å². The predicted octanol–water partition coefficient (Wildman–Crippen LogP) is 3.16. The lowest BCUT2D eigenvalue weighted by molar-refractivity contribution is -0.122. The molecule has 3 heteroatoms. The molecule has 0 atom stereocenters. The minimum absolute atomic E-state index is 0.109. The summed E-state index contributed by atoms with van der Waals surface area (Å²) in [4.78, 5) is 15.0. The number of benzene rings is 1. The third-order valence-corrected chi connectivity index (χ3v) is 3.97. The number of H-pyrrole nitrogens is 1. The molecule has 2 aromatic rings. The fourth-order valence-electron chi connectivity index (χ4n) is 2.49. The Balaban J connectivity index is 1.53. The van der Waals surface area contributed by atoms with Gasteiger partial charge in [-0.15, -0.1) is 0 Å². The Labute approximate surface area is 113 Å². The smallest absolute Gasteiger partial charge is 0.220 e. The second kappa shape index (κ2) is 4.72. The summed E-state index contributed by atoms with van der Waals surface area (Å²) in [5, 5.41) is 4.38. The first kappa shape index (κ1) is 12.3. The summed E-state index contributed by atoms with van der Waals surface area (Å²) in [7, 11) is 0. The maximum Gasteiger partial charge on any atom is 0.220 e. The van der Waals surface area contributed by atoms with Crippen molar-refractivity contribution in [1.29, 1.82) is 0 Å². The number of hydrogen-bond donors (Lipinski definition) is 2. The van der Waals surface area contributed by atoms with Crippen molar-refractivity contribution in [2.75, 3.05) is 0 Å². The summed E-state index contributed by atoms with van der Waals surface area (Å²) in [6, 6.07) is 8.30. The first-order chi connectivity index (χ1) is 9.16. The van der Waals surface area contributed by atoms with Gasteiger partial charge in [0, 0.05) is 29.1 Å². The van der Waals surface area contributed by atoms with E-state index in [0.717, 1.165) is 25.7 Å². The molecule has 3 nitrogen and oxygen atoms in total. The number of fused-ring (bicyclic) bond motifs is 1. The molecule has 1 fully saturated rings. The van der Waals surface area contributed by atoms with Crippen LogP contribution in [0.3, 0.4) is 0 Å². The van der Waals surface area contributed by atoms with Gasteiger partial charge in [-0.25, -0.2) is 0 Å². The van der Waals surface area contributed by atoms with Gasteiger partial charge in [0.05, 0.1) is 0 Å². The zero-order chi connectivity index (χ0) is 13.3. The van der Waals surface area contributed by atoms with Crippen LogP contribution >= 0.6 is 0 Å². The molecule has 100 valence electrons. The standard InChI is InChI=1S/C16H20N2O/c1-16(9-10-16)18-15(19)8-4-5-12-11-17-14-7-3-2-6-13(12)14/h2-3,6-7,11,17H,4-5,8-10H2,1H3,(H,18,19). The van der Waals surface area contributed by atoms with Gasteiger partial charge >= 0.3 is 0 Å². The van der Waals surface area contributed by atoms with Gasteiger partial charge in [-0.3, -0.25) is 4.79 Å². The monoisotopic (exact) mass is 256 g/mol. The molecule has 1 aliphatic rings. The minimum atomic E-state index is 0.109. The summed E-state index contributed by atoms with van der Waals surface area (Å²) in [6.45, 7) is 2.12. The number of aromatic amines is 1. The normalized spacial score (nSPS) is 16.5. The molecule has 0 aliphatic heterocycles. The van der Waals surface area contributed by atoms with Crippen molar-refractivity contribution in [2.45, 2.75) is 44.6 Å². The number of amides is 1. The van der Waals surface area contributed by atoms with Crippen LogP contribution in [0.2, 0.25) is 0 Å². The zero-order valence-corrected chi connectivity index (χ0v) is 11.3. The first-order valence-electron chi connectivity index (χ1n) is 7.02. The van der Waals surface area contributed by atoms with Crippen molar-refractivity contribution < 1.29 is 4.79 Å². The number of para-hydroxylation sites is 1. The van der Waals surface area contributed by atoms with Gasteiger partial charge in [-0.2, -0.15) is 0 Å². The lowest BCUT2D eigenvalue weighted by Gasteiger charge is -2.10. The Hall–Kier alpha value is -1.77. The molecule has 0 spiro atoms. The molecule has 1 heterocycles. The lowest BCUT2D eigenvalue weighted by atomic mass is 10.1. The fourth-order valence-corrected chi connectivity index (χ4v) is 2.49. The molecule has 0 saturated heterocycles. The topological polar surface area (TPSA) is 44.9 Å². The largest absolute Gasteiger partial charge is 0.361 e. The van der Waals surface area contributed by atoms with E-state index in [-0.39, 0.29) is 11.4 Å². The van der Waals surface area contributed by atoms with Gasteiger partial charge in [0.15, 0.2) is 0 Å². The number of rotatable bonds is 5. The molecule has 0 bridgehead atoms. The molecule has 1 amide bonds. The fraction of sp³-hybridized carbons (Fsp3) is 0.438. The van der Waals surface area contributed by atoms with E-state index < -0.39 is 0 Å². The number of carbonyl (C=O) groups is 1. The highest BCUT2D eigenvalue weighted by Crippen LogP contribution is 2.34. The van der Waals surface area contributed by atoms with Crippen molar-refractivity contribution >= 4 is 16.8 Å². The van der Waals surface area contributed by atoms with Gasteiger partial charge in [0.1, 0.15) is 0 Å². The number of carbonyl (C=O) groups excluding carboxylic acids is 1. The predicted molar refractivity (Wildman–Crippen MR) is 77.0 cm³/mol. The maximum atomic E-state index is 11.8. The van der Waals surface area contributed by atoms with Crippen molar-refractivity contribution in [3.8, 4) is 0 Å². The third kappa shape index (κ3) is 2.80. The quantitative estimate of drug-likeness (QED) is 0.848. The molecule has 1 aromatic carbocycles. The number of hydrogen-bond acceptors (Lipinski definition) is 1. The van der Waals surface area contributed by atoms with Crippen LogP contribution in [0.4, 0.5) is 0 Å². The lowest BCUT2D eigenvalue weighted by Crippen LogP contribution is -2.33. The third-order valence-electron chi connectivity index (χ3n) is 3.97. The molecule has 3 rings (SSSR count). The molecular weight excluding hydrogens is 236 g/mol. The Morgan fingerprint density at radius 2 is 2.16 bits per heavy atom. The van der Waals surface area contributed by atoms with Gasteiger partial charge in [-0.05, 0) is 44.2 Å². The van der Waals surface area contributed by atoms with Crippen molar-refractivity contribution in [3.63, 3.8) is 0 Å². The van der Waals surface area contributed by atoms with Crippen molar-refractivity contribution in [3.05, 3.63) is 36.0 Å². The highest BCUT2D eigenvalue weighted by molar-refractivity contribution is 5.83. The number of aromatic nitrogens is 1. The van der Waals surface area contributed by atoms with Crippen LogP contribution in [-0.4, -0.2) is 16.4 Å². The van der Waals surface area contributed by atoms with Gasteiger partial charge in [0.25, 0.3) is 0 Å². The molecule has 0 unspecified atom stereocenters. The Kier molecular flexibility index (Phi) is 3.05. The summed E-state index contributed by atoms with van der Waals surface area (Å²) < 4.78 is 0. The van der Waals surface area contributed by atoms with E-state index in [9.17, 15) is 4.79 Å². The summed E-state index contributed by atoms with van der Waals surface area (Å²) >= 11 is 0. The Morgan fingerprint density at radius 3 is 2.95 bits per heavy atom. The highest BCUT2D eigenvalue weighted by atomic mass is 16.1. The number of nitrogens with one attached hydrogen (secondary N) is 2. The molecule has 1 saturated carbocycles. The van der Waals surface area contributed by atoms with Crippen molar-refractivity contribution in [1.82, 2.24) is 10.3 Å². The Bertz CT molecular complexity index is 596. The molecule has 19 heavy (non-hydrogen) atoms. The van der Waals surface area contributed by atoms with E-state index in [1.807, 2.05) is 6.07 Å².